The van der Waals surface area contributed by atoms with Gasteiger partial charge in [-0.25, -0.2) is 0 Å². The minimum atomic E-state index is -0.345. The number of rotatable bonds is 2. The Labute approximate surface area is 101 Å². The maximum Gasteiger partial charge on any atom is 0.124 e. The molecule has 1 saturated carbocycles. The molecule has 16 heavy (non-hydrogen) atoms. The second kappa shape index (κ2) is 3.64. The number of halogens is 1. The normalized spacial score (nSPS) is 17.9. The van der Waals surface area contributed by atoms with Gasteiger partial charge in [-0.15, -0.1) is 0 Å². The van der Waals surface area contributed by atoms with Gasteiger partial charge in [0, 0.05) is 16.1 Å². The van der Waals surface area contributed by atoms with Crippen molar-refractivity contribution in [2.45, 2.75) is 45.1 Å². The molecular formula is C13H18ClNO. The Hall–Kier alpha value is -0.730. The summed E-state index contributed by atoms with van der Waals surface area (Å²) >= 11 is 6.20. The first-order valence-electron chi connectivity index (χ1n) is 5.68. The van der Waals surface area contributed by atoms with Crippen LogP contribution in [0.15, 0.2) is 6.07 Å². The predicted molar refractivity (Wildman–Crippen MR) is 67.0 cm³/mol. The van der Waals surface area contributed by atoms with E-state index in [-0.39, 0.29) is 11.5 Å². The highest BCUT2D eigenvalue weighted by Crippen LogP contribution is 2.50. The fourth-order valence-electron chi connectivity index (χ4n) is 2.19. The number of aromatic hydroxyl groups is 1. The molecule has 0 saturated heterocycles. The van der Waals surface area contributed by atoms with E-state index >= 15 is 0 Å². The summed E-state index contributed by atoms with van der Waals surface area (Å²) in [5.74, 6) is 0.594. The van der Waals surface area contributed by atoms with Gasteiger partial charge in [0.25, 0.3) is 0 Å². The maximum absolute atomic E-state index is 10.3. The van der Waals surface area contributed by atoms with Crippen LogP contribution in [0, 0.1) is 6.92 Å². The SMILES string of the molecule is Cc1c(Cl)cc(C(C)C)c(O)c1C1(N)CC1. The molecule has 1 aromatic rings. The van der Waals surface area contributed by atoms with Gasteiger partial charge in [-0.05, 0) is 42.9 Å². The molecule has 1 aliphatic carbocycles. The Balaban J connectivity index is 2.66. The summed E-state index contributed by atoms with van der Waals surface area (Å²) in [5.41, 5.74) is 8.51. The Kier molecular flexibility index (Phi) is 2.67. The molecule has 0 bridgehead atoms. The van der Waals surface area contributed by atoms with Gasteiger partial charge in [-0.3, -0.25) is 0 Å². The van der Waals surface area contributed by atoms with Gasteiger partial charge in [0.15, 0.2) is 0 Å². The van der Waals surface area contributed by atoms with Gasteiger partial charge in [-0.1, -0.05) is 25.4 Å². The van der Waals surface area contributed by atoms with E-state index in [1.165, 1.54) is 0 Å². The predicted octanol–water partition coefficient (Wildman–Crippen LogP) is 3.43. The van der Waals surface area contributed by atoms with Gasteiger partial charge < -0.3 is 10.8 Å². The van der Waals surface area contributed by atoms with Crippen LogP contribution in [-0.4, -0.2) is 5.11 Å². The average Bonchev–Trinajstić information content (AvgIpc) is 2.90. The summed E-state index contributed by atoms with van der Waals surface area (Å²) < 4.78 is 0. The third-order valence-corrected chi connectivity index (χ3v) is 3.83. The lowest BCUT2D eigenvalue weighted by molar-refractivity contribution is 0.448. The Bertz CT molecular complexity index is 436. The lowest BCUT2D eigenvalue weighted by atomic mass is 9.91. The first-order chi connectivity index (χ1) is 7.37. The molecule has 88 valence electrons. The van der Waals surface area contributed by atoms with Crippen LogP contribution < -0.4 is 5.73 Å². The fraction of sp³-hybridized carbons (Fsp3) is 0.538. The molecule has 3 N–H and O–H groups in total. The molecule has 0 radical (unpaired) electrons. The lowest BCUT2D eigenvalue weighted by Crippen LogP contribution is -2.21. The summed E-state index contributed by atoms with van der Waals surface area (Å²) in [7, 11) is 0. The van der Waals surface area contributed by atoms with Crippen molar-refractivity contribution in [3.8, 4) is 5.75 Å². The van der Waals surface area contributed by atoms with Gasteiger partial charge in [-0.2, -0.15) is 0 Å². The Morgan fingerprint density at radius 3 is 2.44 bits per heavy atom. The molecule has 0 amide bonds. The van der Waals surface area contributed by atoms with Gasteiger partial charge >= 0.3 is 0 Å². The van der Waals surface area contributed by atoms with Crippen LogP contribution in [-0.2, 0) is 5.54 Å². The number of phenolic OH excluding ortho intramolecular Hbond substituents is 1. The minimum Gasteiger partial charge on any atom is -0.507 e. The molecule has 2 nitrogen and oxygen atoms in total. The van der Waals surface area contributed by atoms with E-state index in [4.69, 9.17) is 17.3 Å². The zero-order chi connectivity index (χ0) is 12.1. The van der Waals surface area contributed by atoms with Crippen molar-refractivity contribution < 1.29 is 5.11 Å². The maximum atomic E-state index is 10.3. The molecule has 0 spiro atoms. The molecule has 1 aliphatic rings. The molecule has 0 heterocycles. The highest BCUT2D eigenvalue weighted by molar-refractivity contribution is 6.31. The quantitative estimate of drug-likeness (QED) is 0.831. The van der Waals surface area contributed by atoms with Gasteiger partial charge in [0.05, 0.1) is 0 Å². The van der Waals surface area contributed by atoms with Crippen molar-refractivity contribution in [1.82, 2.24) is 0 Å². The van der Waals surface area contributed by atoms with Crippen molar-refractivity contribution >= 4 is 11.6 Å². The molecule has 3 heteroatoms. The summed E-state index contributed by atoms with van der Waals surface area (Å²) in [4.78, 5) is 0. The van der Waals surface area contributed by atoms with Crippen LogP contribution in [0.2, 0.25) is 5.02 Å². The number of hydrogen-bond donors (Lipinski definition) is 2. The third-order valence-electron chi connectivity index (χ3n) is 3.43. The van der Waals surface area contributed by atoms with E-state index in [9.17, 15) is 5.11 Å². The van der Waals surface area contributed by atoms with Crippen molar-refractivity contribution in [2.24, 2.45) is 5.73 Å². The highest BCUT2D eigenvalue weighted by Gasteiger charge is 2.44. The Morgan fingerprint density at radius 1 is 1.44 bits per heavy atom. The van der Waals surface area contributed by atoms with Crippen LogP contribution in [0.3, 0.4) is 0 Å². The molecule has 1 fully saturated rings. The lowest BCUT2D eigenvalue weighted by Gasteiger charge is -2.20. The zero-order valence-electron chi connectivity index (χ0n) is 9.97. The topological polar surface area (TPSA) is 46.2 Å². The van der Waals surface area contributed by atoms with Crippen molar-refractivity contribution in [2.75, 3.05) is 0 Å². The van der Waals surface area contributed by atoms with Gasteiger partial charge in [0.2, 0.25) is 0 Å². The minimum absolute atomic E-state index is 0.249. The number of hydrogen-bond acceptors (Lipinski definition) is 2. The second-order valence-corrected chi connectivity index (χ2v) is 5.51. The first kappa shape index (κ1) is 11.7. The molecule has 0 unspecified atom stereocenters. The van der Waals surface area contributed by atoms with Gasteiger partial charge in [0.1, 0.15) is 5.75 Å². The van der Waals surface area contributed by atoms with Crippen LogP contribution in [0.1, 0.15) is 49.3 Å². The smallest absolute Gasteiger partial charge is 0.124 e. The van der Waals surface area contributed by atoms with Crippen LogP contribution in [0.25, 0.3) is 0 Å². The van der Waals surface area contributed by atoms with E-state index < -0.39 is 0 Å². The largest absolute Gasteiger partial charge is 0.507 e. The average molecular weight is 240 g/mol. The van der Waals surface area contributed by atoms with Crippen molar-refractivity contribution in [1.29, 1.82) is 0 Å². The van der Waals surface area contributed by atoms with E-state index in [0.29, 0.717) is 10.8 Å². The number of nitrogens with two attached hydrogens (primary N) is 1. The molecule has 1 aromatic carbocycles. The number of benzene rings is 1. The molecule has 0 atom stereocenters. The van der Waals surface area contributed by atoms with Crippen molar-refractivity contribution in [3.05, 3.63) is 27.8 Å². The van der Waals surface area contributed by atoms with E-state index in [1.807, 2.05) is 26.8 Å². The van der Waals surface area contributed by atoms with Crippen molar-refractivity contribution in [3.63, 3.8) is 0 Å². The van der Waals surface area contributed by atoms with Crippen LogP contribution in [0.5, 0.6) is 5.75 Å². The first-order valence-corrected chi connectivity index (χ1v) is 6.06. The molecular weight excluding hydrogens is 222 g/mol. The highest BCUT2D eigenvalue weighted by atomic mass is 35.5. The van der Waals surface area contributed by atoms with Crippen LogP contribution >= 0.6 is 11.6 Å². The third kappa shape index (κ3) is 1.70. The molecule has 0 aliphatic heterocycles. The molecule has 2 rings (SSSR count). The molecule has 0 aromatic heterocycles. The summed E-state index contributed by atoms with van der Waals surface area (Å²) in [5, 5.41) is 11.0. The monoisotopic (exact) mass is 239 g/mol. The second-order valence-electron chi connectivity index (χ2n) is 5.11. The standard InChI is InChI=1S/C13H18ClNO/c1-7(2)9-6-10(14)8(3)11(12(9)16)13(15)4-5-13/h6-7,16H,4-5,15H2,1-3H3. The van der Waals surface area contributed by atoms with E-state index in [0.717, 1.165) is 29.5 Å². The van der Waals surface area contributed by atoms with E-state index in [1.54, 1.807) is 0 Å². The summed E-state index contributed by atoms with van der Waals surface area (Å²) in [6.45, 7) is 6.01. The zero-order valence-corrected chi connectivity index (χ0v) is 10.7. The Morgan fingerprint density at radius 2 is 2.00 bits per heavy atom. The summed E-state index contributed by atoms with van der Waals surface area (Å²) in [6, 6.07) is 1.85. The van der Waals surface area contributed by atoms with Crippen LogP contribution in [0.4, 0.5) is 0 Å². The fourth-order valence-corrected chi connectivity index (χ4v) is 2.40. The van der Waals surface area contributed by atoms with E-state index in [2.05, 4.69) is 0 Å². The number of phenols is 1. The summed E-state index contributed by atoms with van der Waals surface area (Å²) in [6.07, 6.45) is 1.86.